The van der Waals surface area contributed by atoms with E-state index in [2.05, 4.69) is 5.10 Å². The molecule has 0 aliphatic heterocycles. The van der Waals surface area contributed by atoms with Gasteiger partial charge in [0.05, 0.1) is 16.9 Å². The van der Waals surface area contributed by atoms with Crippen molar-refractivity contribution in [2.45, 2.75) is 33.1 Å². The first-order chi connectivity index (χ1) is 12.2. The fraction of sp³-hybridized carbons (Fsp3) is 0.238. The standard InChI is InChI=1S/C21H21FN2O2/c1-14-6-5-7-17(12-14)24-19(13-18(23-24)21(2,3)4)26-20(25)15-8-10-16(22)11-9-15/h5-13H,1-4H3. The highest BCUT2D eigenvalue weighted by Crippen LogP contribution is 2.28. The van der Waals surface area contributed by atoms with Gasteiger partial charge in [0, 0.05) is 11.5 Å². The third-order valence-electron chi connectivity index (χ3n) is 3.97. The van der Waals surface area contributed by atoms with E-state index in [1.165, 1.54) is 24.3 Å². The second kappa shape index (κ2) is 6.75. The highest BCUT2D eigenvalue weighted by molar-refractivity contribution is 5.90. The van der Waals surface area contributed by atoms with Gasteiger partial charge in [0.1, 0.15) is 5.82 Å². The SMILES string of the molecule is Cc1cccc(-n2nc(C(C)(C)C)cc2OC(=O)c2ccc(F)cc2)c1. The van der Waals surface area contributed by atoms with Gasteiger partial charge in [-0.25, -0.2) is 13.9 Å². The molecule has 1 heterocycles. The predicted octanol–water partition coefficient (Wildman–Crippen LogP) is 4.84. The van der Waals surface area contributed by atoms with E-state index in [9.17, 15) is 9.18 Å². The van der Waals surface area contributed by atoms with Crippen molar-refractivity contribution in [1.29, 1.82) is 0 Å². The number of nitrogens with zero attached hydrogens (tertiary/aromatic N) is 2. The van der Waals surface area contributed by atoms with Gasteiger partial charge in [0.25, 0.3) is 0 Å². The number of benzene rings is 2. The largest absolute Gasteiger partial charge is 0.404 e. The van der Waals surface area contributed by atoms with Gasteiger partial charge in [-0.1, -0.05) is 32.9 Å². The number of hydrogen-bond acceptors (Lipinski definition) is 3. The molecule has 26 heavy (non-hydrogen) atoms. The number of aryl methyl sites for hydroxylation is 1. The van der Waals surface area contributed by atoms with Crippen molar-refractivity contribution in [3.63, 3.8) is 0 Å². The molecule has 0 atom stereocenters. The van der Waals surface area contributed by atoms with Crippen LogP contribution >= 0.6 is 0 Å². The molecule has 0 unspecified atom stereocenters. The van der Waals surface area contributed by atoms with Gasteiger partial charge >= 0.3 is 5.97 Å². The molecule has 3 aromatic rings. The molecule has 0 N–H and O–H groups in total. The Morgan fingerprint density at radius 2 is 1.77 bits per heavy atom. The van der Waals surface area contributed by atoms with Gasteiger partial charge in [-0.3, -0.25) is 0 Å². The third kappa shape index (κ3) is 3.82. The second-order valence-corrected chi connectivity index (χ2v) is 7.27. The molecule has 134 valence electrons. The summed E-state index contributed by atoms with van der Waals surface area (Å²) in [6.07, 6.45) is 0. The normalized spacial score (nSPS) is 11.4. The molecule has 1 aromatic heterocycles. The van der Waals surface area contributed by atoms with Gasteiger partial charge in [-0.05, 0) is 48.9 Å². The molecule has 0 radical (unpaired) electrons. The van der Waals surface area contributed by atoms with E-state index in [-0.39, 0.29) is 11.0 Å². The predicted molar refractivity (Wildman–Crippen MR) is 98.4 cm³/mol. The van der Waals surface area contributed by atoms with Crippen LogP contribution in [0.2, 0.25) is 0 Å². The second-order valence-electron chi connectivity index (χ2n) is 7.27. The van der Waals surface area contributed by atoms with Crippen LogP contribution in [0.1, 0.15) is 42.4 Å². The maximum absolute atomic E-state index is 13.1. The summed E-state index contributed by atoms with van der Waals surface area (Å²) in [5, 5.41) is 4.63. The van der Waals surface area contributed by atoms with Crippen molar-refractivity contribution < 1.29 is 13.9 Å². The third-order valence-corrected chi connectivity index (χ3v) is 3.97. The summed E-state index contributed by atoms with van der Waals surface area (Å²) < 4.78 is 20.3. The molecular formula is C21H21FN2O2. The smallest absolute Gasteiger partial charge is 0.344 e. The van der Waals surface area contributed by atoms with Gasteiger partial charge in [0.15, 0.2) is 0 Å². The zero-order valence-corrected chi connectivity index (χ0v) is 15.3. The molecule has 0 aliphatic carbocycles. The molecule has 0 aliphatic rings. The quantitative estimate of drug-likeness (QED) is 0.634. The maximum Gasteiger partial charge on any atom is 0.344 e. The van der Waals surface area contributed by atoms with Gasteiger partial charge in [-0.2, -0.15) is 5.10 Å². The topological polar surface area (TPSA) is 44.1 Å². The van der Waals surface area contributed by atoms with Crippen molar-refractivity contribution in [3.05, 3.63) is 77.2 Å². The van der Waals surface area contributed by atoms with Gasteiger partial charge < -0.3 is 4.74 Å². The number of carbonyl (C=O) groups is 1. The Morgan fingerprint density at radius 3 is 2.38 bits per heavy atom. The summed E-state index contributed by atoms with van der Waals surface area (Å²) in [6, 6.07) is 14.8. The summed E-state index contributed by atoms with van der Waals surface area (Å²) >= 11 is 0. The lowest BCUT2D eigenvalue weighted by atomic mass is 9.93. The van der Waals surface area contributed by atoms with Crippen LogP contribution in [-0.4, -0.2) is 15.7 Å². The Labute approximate surface area is 152 Å². The lowest BCUT2D eigenvalue weighted by Crippen LogP contribution is -2.13. The Morgan fingerprint density at radius 1 is 1.08 bits per heavy atom. The van der Waals surface area contributed by atoms with Crippen molar-refractivity contribution in [1.82, 2.24) is 9.78 Å². The molecule has 3 rings (SSSR count). The van der Waals surface area contributed by atoms with Crippen molar-refractivity contribution >= 4 is 5.97 Å². The maximum atomic E-state index is 13.1. The van der Waals surface area contributed by atoms with E-state index in [0.717, 1.165) is 16.9 Å². The lowest BCUT2D eigenvalue weighted by molar-refractivity contribution is 0.0723. The van der Waals surface area contributed by atoms with E-state index in [1.54, 1.807) is 10.7 Å². The molecule has 2 aromatic carbocycles. The highest BCUT2D eigenvalue weighted by atomic mass is 19.1. The zero-order chi connectivity index (χ0) is 18.9. The zero-order valence-electron chi connectivity index (χ0n) is 15.3. The van der Waals surface area contributed by atoms with Gasteiger partial charge in [-0.15, -0.1) is 0 Å². The number of carbonyl (C=O) groups excluding carboxylic acids is 1. The van der Waals surface area contributed by atoms with Crippen LogP contribution in [0.4, 0.5) is 4.39 Å². The molecule has 0 saturated carbocycles. The summed E-state index contributed by atoms with van der Waals surface area (Å²) in [5.74, 6) is -0.629. The number of hydrogen-bond donors (Lipinski definition) is 0. The molecule has 5 heteroatoms. The Hall–Kier alpha value is -2.95. The van der Waals surface area contributed by atoms with Crippen molar-refractivity contribution in [2.75, 3.05) is 0 Å². The first-order valence-corrected chi connectivity index (χ1v) is 8.39. The fourth-order valence-electron chi connectivity index (χ4n) is 2.49. The molecule has 0 fully saturated rings. The number of ether oxygens (including phenoxy) is 1. The van der Waals surface area contributed by atoms with E-state index in [1.807, 2.05) is 52.0 Å². The van der Waals surface area contributed by atoms with E-state index >= 15 is 0 Å². The minimum absolute atomic E-state index is 0.202. The minimum Gasteiger partial charge on any atom is -0.404 e. The Kier molecular flexibility index (Phi) is 4.64. The summed E-state index contributed by atoms with van der Waals surface area (Å²) in [6.45, 7) is 8.12. The summed E-state index contributed by atoms with van der Waals surface area (Å²) in [7, 11) is 0. The van der Waals surface area contributed by atoms with E-state index in [4.69, 9.17) is 4.74 Å². The van der Waals surface area contributed by atoms with Crippen LogP contribution in [0, 0.1) is 12.7 Å². The summed E-state index contributed by atoms with van der Waals surface area (Å²) in [4.78, 5) is 12.4. The first-order valence-electron chi connectivity index (χ1n) is 8.39. The molecule has 0 saturated heterocycles. The average Bonchev–Trinajstić information content (AvgIpc) is 2.99. The minimum atomic E-state index is -0.556. The Balaban J connectivity index is 2.00. The van der Waals surface area contributed by atoms with E-state index < -0.39 is 11.8 Å². The van der Waals surface area contributed by atoms with Crippen molar-refractivity contribution in [3.8, 4) is 11.6 Å². The van der Waals surface area contributed by atoms with E-state index in [0.29, 0.717) is 5.88 Å². The number of rotatable bonds is 3. The number of esters is 1. The molecule has 0 bridgehead atoms. The first kappa shape index (κ1) is 17.9. The monoisotopic (exact) mass is 352 g/mol. The van der Waals surface area contributed by atoms with Crippen LogP contribution in [0.3, 0.4) is 0 Å². The van der Waals surface area contributed by atoms with Crippen LogP contribution in [0.25, 0.3) is 5.69 Å². The molecule has 4 nitrogen and oxygen atoms in total. The lowest BCUT2D eigenvalue weighted by Gasteiger charge is -2.14. The molecule has 0 spiro atoms. The number of halogens is 1. The fourth-order valence-corrected chi connectivity index (χ4v) is 2.49. The molecular weight excluding hydrogens is 331 g/mol. The highest BCUT2D eigenvalue weighted by Gasteiger charge is 2.23. The van der Waals surface area contributed by atoms with Crippen LogP contribution in [-0.2, 0) is 5.41 Å². The summed E-state index contributed by atoms with van der Waals surface area (Å²) in [5.41, 5.74) is 2.77. The van der Waals surface area contributed by atoms with Crippen LogP contribution in [0.15, 0.2) is 54.6 Å². The Bertz CT molecular complexity index is 937. The van der Waals surface area contributed by atoms with Gasteiger partial charge in [0.2, 0.25) is 5.88 Å². The van der Waals surface area contributed by atoms with Crippen LogP contribution < -0.4 is 4.74 Å². The van der Waals surface area contributed by atoms with Crippen molar-refractivity contribution in [2.24, 2.45) is 0 Å². The average molecular weight is 352 g/mol. The van der Waals surface area contributed by atoms with Crippen LogP contribution in [0.5, 0.6) is 5.88 Å². The molecule has 0 amide bonds. The number of aromatic nitrogens is 2.